The molecule has 0 saturated carbocycles. The maximum atomic E-state index is 12.6. The summed E-state index contributed by atoms with van der Waals surface area (Å²) in [5.74, 6) is 0.490. The zero-order valence-electron chi connectivity index (χ0n) is 15.2. The molecule has 2 aromatic rings. The van der Waals surface area contributed by atoms with Crippen molar-refractivity contribution in [1.82, 2.24) is 0 Å². The Labute approximate surface area is 173 Å². The number of benzene rings is 2. The Balaban J connectivity index is 0.00000312. The molecule has 2 rings (SSSR count). The van der Waals surface area contributed by atoms with E-state index in [2.05, 4.69) is 23.3 Å². The number of carbonyl (C=O) groups excluding carboxylic acids is 1. The Bertz CT molecular complexity index is 741. The number of hydrogen-bond acceptors (Lipinski definition) is 4. The predicted molar refractivity (Wildman–Crippen MR) is 120 cm³/mol. The highest BCUT2D eigenvalue weighted by atomic mass is 35.5. The van der Waals surface area contributed by atoms with Gasteiger partial charge >= 0.3 is 0 Å². The molecule has 1 unspecified atom stereocenters. The van der Waals surface area contributed by atoms with Crippen LogP contribution < -0.4 is 16.4 Å². The van der Waals surface area contributed by atoms with E-state index >= 15 is 0 Å². The number of anilines is 2. The maximum absolute atomic E-state index is 12.6. The summed E-state index contributed by atoms with van der Waals surface area (Å²) in [4.78, 5) is 12.6. The van der Waals surface area contributed by atoms with Gasteiger partial charge in [-0.3, -0.25) is 4.79 Å². The minimum Gasteiger partial charge on any atom is -0.383 e. The number of thiol groups is 1. The van der Waals surface area contributed by atoms with Crippen LogP contribution in [0.4, 0.5) is 11.4 Å². The fraction of sp³-hybridized carbons (Fsp3) is 0.316. The molecule has 7 heteroatoms. The van der Waals surface area contributed by atoms with E-state index in [9.17, 15) is 4.79 Å². The third kappa shape index (κ3) is 6.40. The van der Waals surface area contributed by atoms with Crippen molar-refractivity contribution < 1.29 is 4.79 Å². The standard InChI is InChI=1S/C19H25N3OS.2ClH/c1-12-5-4-6-17(14(12)3)22-19(23)15-8-7-13(2)18(9-15)21-10-16(20)11-24;;/h4-9,16,21,24H,10-11,20H2,1-3H3,(H,22,23);2*1H. The molecule has 0 bridgehead atoms. The molecular weight excluding hydrogens is 389 g/mol. The summed E-state index contributed by atoms with van der Waals surface area (Å²) in [7, 11) is 0. The molecule has 1 atom stereocenters. The number of carbonyl (C=O) groups is 1. The van der Waals surface area contributed by atoms with Crippen LogP contribution in [0.1, 0.15) is 27.0 Å². The lowest BCUT2D eigenvalue weighted by Crippen LogP contribution is -2.30. The Hall–Kier alpha value is -1.40. The van der Waals surface area contributed by atoms with Gasteiger partial charge in [0.25, 0.3) is 5.91 Å². The molecule has 0 spiro atoms. The van der Waals surface area contributed by atoms with Gasteiger partial charge in [0.05, 0.1) is 0 Å². The molecule has 2 aromatic carbocycles. The Morgan fingerprint density at radius 3 is 2.42 bits per heavy atom. The summed E-state index contributed by atoms with van der Waals surface area (Å²) >= 11 is 4.18. The zero-order valence-corrected chi connectivity index (χ0v) is 17.7. The first-order chi connectivity index (χ1) is 11.4. The van der Waals surface area contributed by atoms with Crippen molar-refractivity contribution in [1.29, 1.82) is 0 Å². The van der Waals surface area contributed by atoms with Crippen LogP contribution in [0.3, 0.4) is 0 Å². The van der Waals surface area contributed by atoms with Crippen LogP contribution in [0.2, 0.25) is 0 Å². The lowest BCUT2D eigenvalue weighted by molar-refractivity contribution is 0.102. The second-order valence-electron chi connectivity index (χ2n) is 6.05. The number of rotatable bonds is 6. The second kappa shape index (κ2) is 11.3. The van der Waals surface area contributed by atoms with Crippen molar-refractivity contribution in [3.05, 3.63) is 58.7 Å². The molecule has 0 heterocycles. The summed E-state index contributed by atoms with van der Waals surface area (Å²) < 4.78 is 0. The number of hydrogen-bond donors (Lipinski definition) is 4. The van der Waals surface area contributed by atoms with E-state index in [1.807, 2.05) is 57.2 Å². The van der Waals surface area contributed by atoms with Crippen LogP contribution in [0.15, 0.2) is 36.4 Å². The number of aryl methyl sites for hydroxylation is 2. The number of halogens is 2. The average Bonchev–Trinajstić information content (AvgIpc) is 2.57. The summed E-state index contributed by atoms with van der Waals surface area (Å²) in [6.45, 7) is 6.66. The predicted octanol–water partition coefficient (Wildman–Crippen LogP) is 4.38. The Kier molecular flexibility index (Phi) is 10.7. The van der Waals surface area contributed by atoms with Crippen LogP contribution in [0.5, 0.6) is 0 Å². The van der Waals surface area contributed by atoms with Gasteiger partial charge in [-0.15, -0.1) is 24.8 Å². The summed E-state index contributed by atoms with van der Waals surface area (Å²) in [6, 6.07) is 11.5. The van der Waals surface area contributed by atoms with E-state index in [-0.39, 0.29) is 36.8 Å². The minimum absolute atomic E-state index is 0. The first-order valence-electron chi connectivity index (χ1n) is 8.01. The maximum Gasteiger partial charge on any atom is 0.255 e. The third-order valence-electron chi connectivity index (χ3n) is 4.14. The zero-order chi connectivity index (χ0) is 17.7. The van der Waals surface area contributed by atoms with Gasteiger partial charge in [-0.1, -0.05) is 18.2 Å². The highest BCUT2D eigenvalue weighted by Gasteiger charge is 2.11. The summed E-state index contributed by atoms with van der Waals surface area (Å²) in [5.41, 5.74) is 11.6. The van der Waals surface area contributed by atoms with E-state index in [0.717, 1.165) is 28.1 Å². The molecule has 26 heavy (non-hydrogen) atoms. The first-order valence-corrected chi connectivity index (χ1v) is 8.64. The summed E-state index contributed by atoms with van der Waals surface area (Å²) in [6.07, 6.45) is 0. The van der Waals surface area contributed by atoms with E-state index in [1.54, 1.807) is 0 Å². The lowest BCUT2D eigenvalue weighted by atomic mass is 10.1. The van der Waals surface area contributed by atoms with Gasteiger partial charge in [-0.05, 0) is 55.7 Å². The largest absolute Gasteiger partial charge is 0.383 e. The molecule has 0 aliphatic rings. The van der Waals surface area contributed by atoms with E-state index in [0.29, 0.717) is 17.9 Å². The van der Waals surface area contributed by atoms with Crippen molar-refractivity contribution >= 4 is 54.7 Å². The van der Waals surface area contributed by atoms with E-state index < -0.39 is 0 Å². The second-order valence-corrected chi connectivity index (χ2v) is 6.42. The molecule has 1 amide bonds. The minimum atomic E-state index is -0.120. The molecule has 0 radical (unpaired) electrons. The quantitative estimate of drug-likeness (QED) is 0.529. The smallest absolute Gasteiger partial charge is 0.255 e. The van der Waals surface area contributed by atoms with E-state index in [4.69, 9.17) is 5.73 Å². The van der Waals surface area contributed by atoms with Crippen molar-refractivity contribution in [3.8, 4) is 0 Å². The molecular formula is C19H27Cl2N3OS. The number of nitrogens with one attached hydrogen (secondary N) is 2. The average molecular weight is 416 g/mol. The van der Waals surface area contributed by atoms with Crippen LogP contribution >= 0.6 is 37.4 Å². The molecule has 144 valence electrons. The van der Waals surface area contributed by atoms with Gasteiger partial charge in [0.2, 0.25) is 0 Å². The van der Waals surface area contributed by atoms with Crippen molar-refractivity contribution in [3.63, 3.8) is 0 Å². The fourth-order valence-electron chi connectivity index (χ4n) is 2.34. The van der Waals surface area contributed by atoms with Gasteiger partial charge in [0.15, 0.2) is 0 Å². The van der Waals surface area contributed by atoms with Gasteiger partial charge in [-0.25, -0.2) is 0 Å². The molecule has 0 fully saturated rings. The van der Waals surface area contributed by atoms with Gasteiger partial charge in [-0.2, -0.15) is 12.6 Å². The molecule has 4 nitrogen and oxygen atoms in total. The van der Waals surface area contributed by atoms with Gasteiger partial charge < -0.3 is 16.4 Å². The fourth-order valence-corrected chi connectivity index (χ4v) is 2.47. The topological polar surface area (TPSA) is 67.2 Å². The highest BCUT2D eigenvalue weighted by Crippen LogP contribution is 2.21. The third-order valence-corrected chi connectivity index (χ3v) is 4.61. The number of amides is 1. The lowest BCUT2D eigenvalue weighted by Gasteiger charge is -2.15. The van der Waals surface area contributed by atoms with Crippen molar-refractivity contribution in [2.45, 2.75) is 26.8 Å². The van der Waals surface area contributed by atoms with Gasteiger partial charge in [0.1, 0.15) is 0 Å². The Morgan fingerprint density at radius 1 is 1.08 bits per heavy atom. The first kappa shape index (κ1) is 24.6. The normalized spacial score (nSPS) is 11.0. The SMILES string of the molecule is Cc1ccc(C(=O)Nc2cccc(C)c2C)cc1NCC(N)CS.Cl.Cl. The number of nitrogens with two attached hydrogens (primary N) is 1. The molecule has 0 aliphatic heterocycles. The molecule has 0 aromatic heterocycles. The van der Waals surface area contributed by atoms with Crippen LogP contribution in [0.25, 0.3) is 0 Å². The monoisotopic (exact) mass is 415 g/mol. The van der Waals surface area contributed by atoms with Crippen LogP contribution in [-0.2, 0) is 0 Å². The van der Waals surface area contributed by atoms with Crippen molar-refractivity contribution in [2.75, 3.05) is 22.9 Å². The van der Waals surface area contributed by atoms with Crippen LogP contribution in [0, 0.1) is 20.8 Å². The van der Waals surface area contributed by atoms with E-state index in [1.165, 1.54) is 0 Å². The molecule has 0 aliphatic carbocycles. The van der Waals surface area contributed by atoms with Crippen molar-refractivity contribution in [2.24, 2.45) is 5.73 Å². The highest BCUT2D eigenvalue weighted by molar-refractivity contribution is 7.80. The Morgan fingerprint density at radius 2 is 1.77 bits per heavy atom. The summed E-state index contributed by atoms with van der Waals surface area (Å²) in [5, 5.41) is 6.28. The molecule has 0 saturated heterocycles. The van der Waals surface area contributed by atoms with Gasteiger partial charge in [0, 0.05) is 35.3 Å². The molecule has 4 N–H and O–H groups in total. The van der Waals surface area contributed by atoms with Crippen LogP contribution in [-0.4, -0.2) is 24.2 Å².